The lowest BCUT2D eigenvalue weighted by Crippen LogP contribution is -2.01. The summed E-state index contributed by atoms with van der Waals surface area (Å²) in [6, 6.07) is 0.904. The standard InChI is InChI=1S/C14H22/c1-5-11-9-10-12(6-2)14(8-4)13(11)7-3/h9-10H,5-8H2,1-4H3/i9D,10D. The Morgan fingerprint density at radius 3 is 1.36 bits per heavy atom. The van der Waals surface area contributed by atoms with Crippen molar-refractivity contribution >= 4 is 0 Å². The lowest BCUT2D eigenvalue weighted by atomic mass is 9.90. The van der Waals surface area contributed by atoms with E-state index in [-0.39, 0.29) is 0 Å². The molecule has 0 aromatic heterocycles. The highest BCUT2D eigenvalue weighted by Crippen LogP contribution is 2.21. The largest absolute Gasteiger partial charge is 0.0626 e. The van der Waals surface area contributed by atoms with E-state index in [0.29, 0.717) is 12.1 Å². The molecule has 0 heteroatoms. The highest BCUT2D eigenvalue weighted by molar-refractivity contribution is 5.41. The van der Waals surface area contributed by atoms with Crippen molar-refractivity contribution in [1.29, 1.82) is 0 Å². The van der Waals surface area contributed by atoms with Gasteiger partial charge in [0.1, 0.15) is 0 Å². The summed E-state index contributed by atoms with van der Waals surface area (Å²) in [6.07, 6.45) is 3.69. The molecule has 14 heavy (non-hydrogen) atoms. The van der Waals surface area contributed by atoms with Crippen LogP contribution in [-0.4, -0.2) is 0 Å². The fraction of sp³-hybridized carbons (Fsp3) is 0.571. The number of rotatable bonds is 4. The zero-order valence-electron chi connectivity index (χ0n) is 11.8. The van der Waals surface area contributed by atoms with Gasteiger partial charge in [0.15, 0.2) is 0 Å². The first kappa shape index (κ1) is 8.52. The van der Waals surface area contributed by atoms with E-state index in [0.717, 1.165) is 36.8 Å². The summed E-state index contributed by atoms with van der Waals surface area (Å²) in [5.41, 5.74) is 4.81. The van der Waals surface area contributed by atoms with Gasteiger partial charge in [-0.15, -0.1) is 0 Å². The van der Waals surface area contributed by atoms with Gasteiger partial charge in [0.25, 0.3) is 0 Å². The number of hydrogen-bond acceptors (Lipinski definition) is 0. The summed E-state index contributed by atoms with van der Waals surface area (Å²) >= 11 is 0. The van der Waals surface area contributed by atoms with Crippen molar-refractivity contribution in [3.63, 3.8) is 0 Å². The maximum atomic E-state index is 8.07. The monoisotopic (exact) mass is 192 g/mol. The van der Waals surface area contributed by atoms with Crippen LogP contribution in [0, 0.1) is 0 Å². The highest BCUT2D eigenvalue weighted by Gasteiger charge is 2.07. The molecule has 0 saturated heterocycles. The zero-order valence-corrected chi connectivity index (χ0v) is 9.83. The summed E-state index contributed by atoms with van der Waals surface area (Å²) in [7, 11) is 0. The second-order valence-corrected chi connectivity index (χ2v) is 3.58. The van der Waals surface area contributed by atoms with E-state index in [2.05, 4.69) is 27.7 Å². The Balaban J connectivity index is 3.61. The van der Waals surface area contributed by atoms with Crippen LogP contribution >= 0.6 is 0 Å². The molecule has 0 unspecified atom stereocenters. The molecular weight excluding hydrogens is 168 g/mol. The van der Waals surface area contributed by atoms with Gasteiger partial charge in [0.05, 0.1) is 2.74 Å². The molecule has 0 aliphatic rings. The first-order chi connectivity index (χ1) is 7.62. The molecule has 0 atom stereocenters. The van der Waals surface area contributed by atoms with Gasteiger partial charge in [0, 0.05) is 0 Å². The highest BCUT2D eigenvalue weighted by atomic mass is 14.1. The minimum Gasteiger partial charge on any atom is -0.0613 e. The van der Waals surface area contributed by atoms with Crippen molar-refractivity contribution in [3.05, 3.63) is 34.3 Å². The molecule has 1 aromatic rings. The molecule has 0 radical (unpaired) electrons. The lowest BCUT2D eigenvalue weighted by molar-refractivity contribution is 0.945. The van der Waals surface area contributed by atoms with Crippen molar-refractivity contribution in [3.8, 4) is 0 Å². The van der Waals surface area contributed by atoms with Gasteiger partial charge in [-0.05, 0) is 47.9 Å². The average molecular weight is 192 g/mol. The van der Waals surface area contributed by atoms with Crippen LogP contribution in [0.2, 0.25) is 0 Å². The summed E-state index contributed by atoms with van der Waals surface area (Å²) in [6.45, 7) is 8.46. The first-order valence-corrected chi connectivity index (χ1v) is 5.74. The molecular formula is C14H22. The van der Waals surface area contributed by atoms with Crippen molar-refractivity contribution in [1.82, 2.24) is 0 Å². The van der Waals surface area contributed by atoms with Crippen molar-refractivity contribution in [2.45, 2.75) is 53.4 Å². The SMILES string of the molecule is [2H]c1c([2H])c(CC)c(CC)c(CC)c1CC. The van der Waals surface area contributed by atoms with Crippen LogP contribution in [0.5, 0.6) is 0 Å². The Kier molecular flexibility index (Phi) is 3.16. The molecule has 0 bridgehead atoms. The Morgan fingerprint density at radius 1 is 0.786 bits per heavy atom. The molecule has 0 amide bonds. The topological polar surface area (TPSA) is 0 Å². The lowest BCUT2D eigenvalue weighted by Gasteiger charge is -2.15. The predicted molar refractivity (Wildman–Crippen MR) is 64.0 cm³/mol. The quantitative estimate of drug-likeness (QED) is 0.678. The fourth-order valence-corrected chi connectivity index (χ4v) is 2.12. The van der Waals surface area contributed by atoms with Crippen LogP contribution < -0.4 is 0 Å². The van der Waals surface area contributed by atoms with E-state index < -0.39 is 0 Å². The van der Waals surface area contributed by atoms with E-state index in [4.69, 9.17) is 2.74 Å². The van der Waals surface area contributed by atoms with Gasteiger partial charge in [-0.3, -0.25) is 0 Å². The van der Waals surface area contributed by atoms with Crippen molar-refractivity contribution in [2.24, 2.45) is 0 Å². The van der Waals surface area contributed by atoms with E-state index in [1.165, 1.54) is 11.1 Å². The molecule has 0 heterocycles. The molecule has 0 aliphatic heterocycles. The normalized spacial score (nSPS) is 12.6. The van der Waals surface area contributed by atoms with E-state index in [1.807, 2.05) is 0 Å². The van der Waals surface area contributed by atoms with Crippen LogP contribution in [0.4, 0.5) is 0 Å². The van der Waals surface area contributed by atoms with Gasteiger partial charge in [-0.2, -0.15) is 0 Å². The Hall–Kier alpha value is -0.780. The minimum atomic E-state index is 0.452. The maximum absolute atomic E-state index is 8.07. The molecule has 0 fully saturated rings. The third-order valence-electron chi connectivity index (χ3n) is 2.87. The van der Waals surface area contributed by atoms with Gasteiger partial charge in [-0.25, -0.2) is 0 Å². The Morgan fingerprint density at radius 2 is 1.14 bits per heavy atom. The summed E-state index contributed by atoms with van der Waals surface area (Å²) < 4.78 is 16.1. The smallest absolute Gasteiger partial charge is 0.0613 e. The molecule has 0 aliphatic carbocycles. The van der Waals surface area contributed by atoms with Crippen LogP contribution in [0.25, 0.3) is 0 Å². The van der Waals surface area contributed by atoms with Crippen molar-refractivity contribution < 1.29 is 2.74 Å². The summed E-state index contributed by atoms with van der Waals surface area (Å²) in [5.74, 6) is 0. The Labute approximate surface area is 91.2 Å². The molecule has 78 valence electrons. The summed E-state index contributed by atoms with van der Waals surface area (Å²) in [5, 5.41) is 0. The van der Waals surface area contributed by atoms with Crippen LogP contribution in [0.1, 0.15) is 52.7 Å². The average Bonchev–Trinajstić information content (AvgIpc) is 2.31. The van der Waals surface area contributed by atoms with Gasteiger partial charge < -0.3 is 0 Å². The van der Waals surface area contributed by atoms with Gasteiger partial charge in [-0.1, -0.05) is 39.8 Å². The van der Waals surface area contributed by atoms with Gasteiger partial charge >= 0.3 is 0 Å². The molecule has 0 saturated carbocycles. The molecule has 0 nitrogen and oxygen atoms in total. The first-order valence-electron chi connectivity index (χ1n) is 6.74. The zero-order chi connectivity index (χ0) is 12.3. The third-order valence-corrected chi connectivity index (χ3v) is 2.87. The van der Waals surface area contributed by atoms with Crippen LogP contribution in [-0.2, 0) is 25.7 Å². The second-order valence-electron chi connectivity index (χ2n) is 3.58. The van der Waals surface area contributed by atoms with E-state index in [9.17, 15) is 0 Å². The summed E-state index contributed by atoms with van der Waals surface area (Å²) in [4.78, 5) is 0. The predicted octanol–water partition coefficient (Wildman–Crippen LogP) is 3.94. The van der Waals surface area contributed by atoms with Crippen molar-refractivity contribution in [2.75, 3.05) is 0 Å². The maximum Gasteiger partial charge on any atom is 0.0626 e. The number of benzene rings is 1. The van der Waals surface area contributed by atoms with Crippen LogP contribution in [0.15, 0.2) is 12.1 Å². The number of hydrogen-bond donors (Lipinski definition) is 0. The Bertz CT molecular complexity index is 344. The second kappa shape index (κ2) is 5.19. The fourth-order valence-electron chi connectivity index (χ4n) is 2.12. The molecule has 0 N–H and O–H groups in total. The third kappa shape index (κ3) is 2.00. The van der Waals surface area contributed by atoms with E-state index in [1.54, 1.807) is 0 Å². The van der Waals surface area contributed by atoms with Gasteiger partial charge in [0.2, 0.25) is 0 Å². The minimum absolute atomic E-state index is 0.452. The van der Waals surface area contributed by atoms with Crippen LogP contribution in [0.3, 0.4) is 0 Å². The van der Waals surface area contributed by atoms with E-state index >= 15 is 0 Å². The molecule has 1 rings (SSSR count). The molecule has 0 spiro atoms. The molecule has 1 aromatic carbocycles.